The lowest BCUT2D eigenvalue weighted by atomic mass is 9.81. The first-order valence-corrected chi connectivity index (χ1v) is 10.1. The maximum atomic E-state index is 13.6. The number of carbonyl (C=O) groups is 4. The van der Waals surface area contributed by atoms with E-state index in [0.29, 0.717) is 24.1 Å². The molecule has 0 saturated carbocycles. The molecule has 8 heteroatoms. The molecule has 0 spiro atoms. The third kappa shape index (κ3) is 4.28. The van der Waals surface area contributed by atoms with Crippen LogP contribution in [0, 0.1) is 13.8 Å². The second-order valence-electron chi connectivity index (χ2n) is 7.54. The third-order valence-corrected chi connectivity index (χ3v) is 5.34. The molecule has 0 aromatic heterocycles. The van der Waals surface area contributed by atoms with Crippen molar-refractivity contribution in [3.05, 3.63) is 70.8 Å². The molecule has 1 saturated heterocycles. The van der Waals surface area contributed by atoms with Crippen LogP contribution in [-0.2, 0) is 15.1 Å². The van der Waals surface area contributed by atoms with Crippen molar-refractivity contribution < 1.29 is 19.2 Å². The summed E-state index contributed by atoms with van der Waals surface area (Å²) in [7, 11) is 0. The standard InChI is InChI=1S/C23H26N4O4/c1-4-12-24-21(30)25-19(28)14-27-20(29)23(26-22(27)31,17-8-6-5-7-9-17)18-11-10-15(2)16(3)13-18/h5-11,13H,4,12,14H2,1-3H3,(H,26,31)(H2,24,25,28,30)/t23-/m1/s1. The van der Waals surface area contributed by atoms with E-state index in [1.54, 1.807) is 30.3 Å². The van der Waals surface area contributed by atoms with Crippen LogP contribution in [0.4, 0.5) is 9.59 Å². The molecule has 2 aromatic carbocycles. The van der Waals surface area contributed by atoms with Crippen molar-refractivity contribution in [3.8, 4) is 0 Å². The lowest BCUT2D eigenvalue weighted by Gasteiger charge is -2.28. The van der Waals surface area contributed by atoms with Crippen molar-refractivity contribution in [2.75, 3.05) is 13.1 Å². The molecule has 2 aromatic rings. The maximum absolute atomic E-state index is 13.6. The summed E-state index contributed by atoms with van der Waals surface area (Å²) >= 11 is 0. The lowest BCUT2D eigenvalue weighted by Crippen LogP contribution is -2.48. The summed E-state index contributed by atoms with van der Waals surface area (Å²) in [5, 5.41) is 7.45. The summed E-state index contributed by atoms with van der Waals surface area (Å²) in [6, 6.07) is 13.1. The molecular weight excluding hydrogens is 396 g/mol. The number of amides is 6. The van der Waals surface area contributed by atoms with E-state index >= 15 is 0 Å². The van der Waals surface area contributed by atoms with Gasteiger partial charge in [-0.25, -0.2) is 9.59 Å². The van der Waals surface area contributed by atoms with Gasteiger partial charge >= 0.3 is 12.1 Å². The fourth-order valence-electron chi connectivity index (χ4n) is 3.53. The van der Waals surface area contributed by atoms with Gasteiger partial charge in [0.05, 0.1) is 0 Å². The summed E-state index contributed by atoms with van der Waals surface area (Å²) in [6.45, 7) is 5.61. The lowest BCUT2D eigenvalue weighted by molar-refractivity contribution is -0.134. The van der Waals surface area contributed by atoms with Crippen molar-refractivity contribution in [1.82, 2.24) is 20.9 Å². The van der Waals surface area contributed by atoms with Gasteiger partial charge in [-0.3, -0.25) is 19.8 Å². The molecule has 8 nitrogen and oxygen atoms in total. The van der Waals surface area contributed by atoms with E-state index in [4.69, 9.17) is 0 Å². The maximum Gasteiger partial charge on any atom is 0.326 e. The zero-order valence-corrected chi connectivity index (χ0v) is 17.8. The van der Waals surface area contributed by atoms with Gasteiger partial charge in [-0.05, 0) is 42.5 Å². The Kier molecular flexibility index (Phi) is 6.39. The van der Waals surface area contributed by atoms with Crippen molar-refractivity contribution in [2.24, 2.45) is 0 Å². The van der Waals surface area contributed by atoms with Gasteiger partial charge in [0.1, 0.15) is 6.54 Å². The average molecular weight is 422 g/mol. The molecule has 0 bridgehead atoms. The minimum Gasteiger partial charge on any atom is -0.338 e. The Morgan fingerprint density at radius 1 is 1.00 bits per heavy atom. The average Bonchev–Trinajstić information content (AvgIpc) is 3.00. The molecule has 31 heavy (non-hydrogen) atoms. The van der Waals surface area contributed by atoms with Gasteiger partial charge in [0.2, 0.25) is 5.91 Å². The number of nitrogens with one attached hydrogen (secondary N) is 3. The highest BCUT2D eigenvalue weighted by molar-refractivity contribution is 6.12. The highest BCUT2D eigenvalue weighted by Gasteiger charge is 2.54. The molecule has 1 atom stereocenters. The van der Waals surface area contributed by atoms with E-state index in [1.807, 2.05) is 39.0 Å². The quantitative estimate of drug-likeness (QED) is 0.621. The third-order valence-electron chi connectivity index (χ3n) is 5.34. The number of aryl methyl sites for hydroxylation is 2. The van der Waals surface area contributed by atoms with Gasteiger partial charge in [0.25, 0.3) is 5.91 Å². The number of hydrogen-bond acceptors (Lipinski definition) is 4. The molecule has 0 aliphatic carbocycles. The van der Waals surface area contributed by atoms with Crippen molar-refractivity contribution in [1.29, 1.82) is 0 Å². The summed E-state index contributed by atoms with van der Waals surface area (Å²) in [6.07, 6.45) is 0.712. The molecule has 0 radical (unpaired) electrons. The van der Waals surface area contributed by atoms with E-state index in [0.717, 1.165) is 16.0 Å². The van der Waals surface area contributed by atoms with Crippen LogP contribution in [0.5, 0.6) is 0 Å². The van der Waals surface area contributed by atoms with Crippen LogP contribution in [0.25, 0.3) is 0 Å². The van der Waals surface area contributed by atoms with E-state index < -0.39 is 36.0 Å². The molecular formula is C23H26N4O4. The fourth-order valence-corrected chi connectivity index (χ4v) is 3.53. The van der Waals surface area contributed by atoms with Gasteiger partial charge in [0.15, 0.2) is 5.54 Å². The van der Waals surface area contributed by atoms with Gasteiger partial charge in [-0.15, -0.1) is 0 Å². The molecule has 1 heterocycles. The first-order chi connectivity index (χ1) is 14.8. The number of imide groups is 2. The predicted octanol–water partition coefficient (Wildman–Crippen LogP) is 2.33. The molecule has 3 N–H and O–H groups in total. The minimum absolute atomic E-state index is 0.409. The van der Waals surface area contributed by atoms with Crippen LogP contribution in [0.1, 0.15) is 35.6 Å². The second-order valence-corrected chi connectivity index (χ2v) is 7.54. The van der Waals surface area contributed by atoms with Gasteiger partial charge in [-0.2, -0.15) is 0 Å². The van der Waals surface area contributed by atoms with Gasteiger partial charge < -0.3 is 10.6 Å². The van der Waals surface area contributed by atoms with E-state index in [2.05, 4.69) is 16.0 Å². The number of nitrogens with zero attached hydrogens (tertiary/aromatic N) is 1. The van der Waals surface area contributed by atoms with Crippen molar-refractivity contribution in [2.45, 2.75) is 32.7 Å². The normalized spacial score (nSPS) is 18.0. The largest absolute Gasteiger partial charge is 0.338 e. The highest BCUT2D eigenvalue weighted by Crippen LogP contribution is 2.36. The summed E-state index contributed by atoms with van der Waals surface area (Å²) < 4.78 is 0. The molecule has 1 fully saturated rings. The van der Waals surface area contributed by atoms with Crippen molar-refractivity contribution >= 4 is 23.9 Å². The smallest absolute Gasteiger partial charge is 0.326 e. The van der Waals surface area contributed by atoms with Gasteiger partial charge in [-0.1, -0.05) is 55.5 Å². The van der Waals surface area contributed by atoms with Crippen LogP contribution < -0.4 is 16.0 Å². The first kappa shape index (κ1) is 22.0. The molecule has 3 rings (SSSR count). The number of urea groups is 2. The Hall–Kier alpha value is -3.68. The van der Waals surface area contributed by atoms with Crippen LogP contribution in [-0.4, -0.2) is 41.9 Å². The fraction of sp³-hybridized carbons (Fsp3) is 0.304. The van der Waals surface area contributed by atoms with Crippen LogP contribution in [0.3, 0.4) is 0 Å². The molecule has 6 amide bonds. The van der Waals surface area contributed by atoms with E-state index in [1.165, 1.54) is 0 Å². The Morgan fingerprint density at radius 3 is 2.35 bits per heavy atom. The SMILES string of the molecule is CCCNC(=O)NC(=O)CN1C(=O)N[C@](c2ccccc2)(c2ccc(C)c(C)c2)C1=O. The Balaban J connectivity index is 1.94. The summed E-state index contributed by atoms with van der Waals surface area (Å²) in [5.74, 6) is -1.32. The first-order valence-electron chi connectivity index (χ1n) is 10.1. The van der Waals surface area contributed by atoms with Gasteiger partial charge in [0, 0.05) is 6.54 Å². The zero-order valence-electron chi connectivity index (χ0n) is 17.8. The molecule has 0 unspecified atom stereocenters. The Labute approximate surface area is 181 Å². The monoisotopic (exact) mass is 422 g/mol. The molecule has 162 valence electrons. The van der Waals surface area contributed by atoms with E-state index in [9.17, 15) is 19.2 Å². The van der Waals surface area contributed by atoms with Crippen molar-refractivity contribution in [3.63, 3.8) is 0 Å². The number of carbonyl (C=O) groups excluding carboxylic acids is 4. The summed E-state index contributed by atoms with van der Waals surface area (Å²) in [5.41, 5.74) is 1.75. The highest BCUT2D eigenvalue weighted by atomic mass is 16.2. The molecule has 1 aliphatic rings. The second kappa shape index (κ2) is 8.99. The van der Waals surface area contributed by atoms with Crippen LogP contribution in [0.2, 0.25) is 0 Å². The molecule has 1 aliphatic heterocycles. The minimum atomic E-state index is -1.46. The Bertz CT molecular complexity index is 1020. The number of hydrogen-bond donors (Lipinski definition) is 3. The topological polar surface area (TPSA) is 108 Å². The predicted molar refractivity (Wildman–Crippen MR) is 115 cm³/mol. The zero-order chi connectivity index (χ0) is 22.6. The number of rotatable bonds is 6. The van der Waals surface area contributed by atoms with Crippen LogP contribution >= 0.6 is 0 Å². The van der Waals surface area contributed by atoms with Crippen LogP contribution in [0.15, 0.2) is 48.5 Å². The summed E-state index contributed by atoms with van der Waals surface area (Å²) in [4.78, 5) is 51.3. The van der Waals surface area contributed by atoms with E-state index in [-0.39, 0.29) is 0 Å². The Morgan fingerprint density at radius 2 is 1.71 bits per heavy atom. The number of benzene rings is 2.